The van der Waals surface area contributed by atoms with Gasteiger partial charge in [0.2, 0.25) is 5.36 Å². The van der Waals surface area contributed by atoms with Crippen molar-refractivity contribution in [1.82, 2.24) is 0 Å². The highest BCUT2D eigenvalue weighted by Gasteiger charge is 2.20. The monoisotopic (exact) mass is 451 g/mol. The Kier molecular flexibility index (Phi) is 7.96. The summed E-state index contributed by atoms with van der Waals surface area (Å²) in [4.78, 5) is 3.60. The number of hydrogen-bond donors (Lipinski definition) is 1. The van der Waals surface area contributed by atoms with E-state index in [0.29, 0.717) is 0 Å². The van der Waals surface area contributed by atoms with Crippen LogP contribution in [-0.2, 0) is 11.2 Å². The summed E-state index contributed by atoms with van der Waals surface area (Å²) in [6.07, 6.45) is 3.56. The van der Waals surface area contributed by atoms with Crippen molar-refractivity contribution >= 4 is 18.2 Å². The third-order valence-electron chi connectivity index (χ3n) is 5.16. The number of benzene rings is 2. The summed E-state index contributed by atoms with van der Waals surface area (Å²) >= 11 is 0. The second kappa shape index (κ2) is 10.7. The predicted molar refractivity (Wildman–Crippen MR) is 116 cm³/mol. The van der Waals surface area contributed by atoms with Gasteiger partial charge < -0.3 is 31.2 Å². The molecule has 0 bridgehead atoms. The molecule has 1 saturated heterocycles. The zero-order chi connectivity index (χ0) is 23.1. The number of fused-ring (bicyclic) bond motifs is 1. The van der Waals surface area contributed by atoms with Crippen molar-refractivity contribution < 1.29 is 36.1 Å². The Hall–Kier alpha value is -2.81. The van der Waals surface area contributed by atoms with Gasteiger partial charge >= 0.3 is 7.25 Å². The van der Waals surface area contributed by atoms with Crippen LogP contribution in [0.2, 0.25) is 0 Å². The molecule has 3 aromatic rings. The Labute approximate surface area is 184 Å². The normalized spacial score (nSPS) is 16.7. The number of halogens is 4. The molecule has 0 saturated carbocycles. The first-order valence-electron chi connectivity index (χ1n) is 10.5. The van der Waals surface area contributed by atoms with Gasteiger partial charge in [-0.1, -0.05) is 13.0 Å². The Morgan fingerprint density at radius 3 is 2.38 bits per heavy atom. The topological polar surface area (TPSA) is 45.6 Å². The standard InChI is InChI=1S/C23H25NO3.BF4/c1-3-16-6-11-22-20(13-16)21(24-15-19-5-4-12-26-19)14-23(27-22)17-7-9-18(25-2)10-8-17;2-1(3,4)5/h6-11,13-14,19H,3-5,12,15H2,1-2H3;/q;-1/p+1. The minimum atomic E-state index is -6.00. The number of methoxy groups -OCH3 is 1. The molecule has 0 radical (unpaired) electrons. The fraction of sp³-hybridized carbons (Fsp3) is 0.348. The maximum Gasteiger partial charge on any atom is 0.673 e. The SMILES string of the molecule is CCc1ccc2oc(-c3ccc(OC)cc3)cc(=[NH+]CC3CCCO3)c2c1.F[B-](F)(F)F. The molecule has 172 valence electrons. The van der Waals surface area contributed by atoms with Crippen LogP contribution in [0, 0.1) is 0 Å². The van der Waals surface area contributed by atoms with E-state index in [1.807, 2.05) is 24.3 Å². The van der Waals surface area contributed by atoms with Crippen LogP contribution in [0.25, 0.3) is 22.3 Å². The second-order valence-corrected chi connectivity index (χ2v) is 7.45. The van der Waals surface area contributed by atoms with Gasteiger partial charge in [0.05, 0.1) is 18.6 Å². The Balaban J connectivity index is 0.000000523. The zero-order valence-corrected chi connectivity index (χ0v) is 18.0. The van der Waals surface area contributed by atoms with Crippen LogP contribution in [0.3, 0.4) is 0 Å². The summed E-state index contributed by atoms with van der Waals surface area (Å²) in [6, 6.07) is 16.5. The van der Waals surface area contributed by atoms with Gasteiger partial charge in [0.25, 0.3) is 0 Å². The van der Waals surface area contributed by atoms with Crippen molar-refractivity contribution in [3.63, 3.8) is 0 Å². The molecule has 4 nitrogen and oxygen atoms in total. The highest BCUT2D eigenvalue weighted by molar-refractivity contribution is 6.50. The molecule has 1 unspecified atom stereocenters. The lowest BCUT2D eigenvalue weighted by Gasteiger charge is -2.06. The molecule has 1 aromatic heterocycles. The van der Waals surface area contributed by atoms with E-state index in [4.69, 9.17) is 13.9 Å². The van der Waals surface area contributed by atoms with Crippen LogP contribution in [0.4, 0.5) is 17.3 Å². The van der Waals surface area contributed by atoms with Gasteiger partial charge in [-0.3, -0.25) is 0 Å². The Morgan fingerprint density at radius 2 is 1.78 bits per heavy atom. The van der Waals surface area contributed by atoms with E-state index in [1.165, 1.54) is 5.56 Å². The highest BCUT2D eigenvalue weighted by Crippen LogP contribution is 2.24. The van der Waals surface area contributed by atoms with Crippen LogP contribution < -0.4 is 15.1 Å². The van der Waals surface area contributed by atoms with Crippen molar-refractivity contribution in [3.8, 4) is 17.1 Å². The van der Waals surface area contributed by atoms with Gasteiger partial charge in [-0.25, -0.2) is 4.99 Å². The minimum Gasteiger partial charge on any atom is -0.497 e. The average Bonchev–Trinajstić information content (AvgIpc) is 3.29. The van der Waals surface area contributed by atoms with E-state index in [-0.39, 0.29) is 6.10 Å². The van der Waals surface area contributed by atoms with Gasteiger partial charge in [-0.15, -0.1) is 0 Å². The van der Waals surface area contributed by atoms with Crippen molar-refractivity contribution in [1.29, 1.82) is 0 Å². The minimum absolute atomic E-state index is 0.288. The van der Waals surface area contributed by atoms with E-state index in [1.54, 1.807) is 7.11 Å². The van der Waals surface area contributed by atoms with Crippen molar-refractivity contribution in [2.45, 2.75) is 32.3 Å². The molecule has 0 spiro atoms. The van der Waals surface area contributed by atoms with E-state index in [2.05, 4.69) is 36.2 Å². The van der Waals surface area contributed by atoms with Crippen LogP contribution in [0.15, 0.2) is 52.9 Å². The third kappa shape index (κ3) is 6.85. The van der Waals surface area contributed by atoms with E-state index >= 15 is 0 Å². The third-order valence-corrected chi connectivity index (χ3v) is 5.16. The average molecular weight is 451 g/mol. The lowest BCUT2D eigenvalue weighted by molar-refractivity contribution is -0.509. The fourth-order valence-electron chi connectivity index (χ4n) is 3.53. The number of rotatable bonds is 5. The summed E-state index contributed by atoms with van der Waals surface area (Å²) in [5.41, 5.74) is 3.21. The van der Waals surface area contributed by atoms with E-state index < -0.39 is 7.25 Å². The molecule has 1 N–H and O–H groups in total. The van der Waals surface area contributed by atoms with Crippen molar-refractivity contribution in [3.05, 3.63) is 59.5 Å². The lowest BCUT2D eigenvalue weighted by atomic mass is 10.1. The van der Waals surface area contributed by atoms with Gasteiger partial charge in [0, 0.05) is 12.2 Å². The van der Waals surface area contributed by atoms with Gasteiger partial charge in [0.15, 0.2) is 6.54 Å². The molecule has 32 heavy (non-hydrogen) atoms. The summed E-state index contributed by atoms with van der Waals surface area (Å²) in [7, 11) is -4.33. The second-order valence-electron chi connectivity index (χ2n) is 7.45. The fourth-order valence-corrected chi connectivity index (χ4v) is 3.53. The van der Waals surface area contributed by atoms with Crippen molar-refractivity contribution in [2.24, 2.45) is 0 Å². The highest BCUT2D eigenvalue weighted by atomic mass is 19.5. The molecule has 0 aliphatic carbocycles. The Morgan fingerprint density at radius 1 is 1.06 bits per heavy atom. The van der Waals surface area contributed by atoms with Gasteiger partial charge in [-0.05, 0) is 61.2 Å². The number of aryl methyl sites for hydroxylation is 1. The maximum absolute atomic E-state index is 9.75. The van der Waals surface area contributed by atoms with Crippen molar-refractivity contribution in [2.75, 3.05) is 20.3 Å². The zero-order valence-electron chi connectivity index (χ0n) is 18.0. The number of hydrogen-bond acceptors (Lipinski definition) is 3. The maximum atomic E-state index is 9.75. The molecule has 2 aromatic carbocycles. The van der Waals surface area contributed by atoms with Crippen LogP contribution in [0.5, 0.6) is 5.75 Å². The van der Waals surface area contributed by atoms with Gasteiger partial charge in [0.1, 0.15) is 23.2 Å². The molecular formula is C23H26BF4NO3. The molecule has 1 fully saturated rings. The molecule has 1 aliphatic rings. The summed E-state index contributed by atoms with van der Waals surface area (Å²) in [5, 5.41) is 2.21. The quantitative estimate of drug-likeness (QED) is 0.469. The molecule has 4 rings (SSSR count). The summed E-state index contributed by atoms with van der Waals surface area (Å²) in [6.45, 7) is 3.86. The predicted octanol–water partition coefficient (Wildman–Crippen LogP) is 4.13. The van der Waals surface area contributed by atoms with Crippen LogP contribution in [-0.4, -0.2) is 33.6 Å². The van der Waals surface area contributed by atoms with Crippen LogP contribution in [0.1, 0.15) is 25.3 Å². The lowest BCUT2D eigenvalue weighted by Crippen LogP contribution is -2.79. The van der Waals surface area contributed by atoms with E-state index in [0.717, 1.165) is 65.8 Å². The molecule has 2 heterocycles. The molecular weight excluding hydrogens is 425 g/mol. The Bertz CT molecular complexity index is 1090. The largest absolute Gasteiger partial charge is 0.673 e. The molecule has 1 aliphatic heterocycles. The first-order chi connectivity index (χ1) is 15.3. The smallest absolute Gasteiger partial charge is 0.497 e. The molecule has 1 atom stereocenters. The molecule has 9 heteroatoms. The molecule has 0 amide bonds. The summed E-state index contributed by atoms with van der Waals surface area (Å²) in [5.74, 6) is 1.67. The first-order valence-corrected chi connectivity index (χ1v) is 10.5. The number of ether oxygens (including phenoxy) is 2. The van der Waals surface area contributed by atoms with E-state index in [9.17, 15) is 17.3 Å². The van der Waals surface area contributed by atoms with Gasteiger partial charge in [-0.2, -0.15) is 0 Å². The first kappa shape index (κ1) is 23.8. The number of nitrogens with one attached hydrogen (secondary N) is 1. The van der Waals surface area contributed by atoms with Crippen LogP contribution >= 0.6 is 0 Å². The summed E-state index contributed by atoms with van der Waals surface area (Å²) < 4.78 is 56.3.